The molecule has 0 aliphatic heterocycles. The fourth-order valence-corrected chi connectivity index (χ4v) is 0.672. The Labute approximate surface area is 87.6 Å². The molecule has 3 N–H and O–H groups in total. The van der Waals surface area contributed by atoms with Crippen LogP contribution in [0.25, 0.3) is 0 Å². The lowest BCUT2D eigenvalue weighted by Crippen LogP contribution is -2.01. The lowest BCUT2D eigenvalue weighted by Gasteiger charge is -2.03. The molecule has 7 nitrogen and oxygen atoms in total. The molecule has 0 unspecified atom stereocenters. The first-order valence-corrected chi connectivity index (χ1v) is 5.49. The maximum absolute atomic E-state index is 10.0. The van der Waals surface area contributed by atoms with E-state index in [9.17, 15) is 9.36 Å². The molecular formula is C7H15O7P. The predicted octanol–water partition coefficient (Wildman–Crippen LogP) is 0.389. The smallest absolute Gasteiger partial charge is 0.469 e. The normalized spacial score (nSPS) is 10.1. The van der Waals surface area contributed by atoms with E-state index in [1.807, 2.05) is 0 Å². The van der Waals surface area contributed by atoms with E-state index in [0.29, 0.717) is 6.61 Å². The molecule has 0 saturated heterocycles. The van der Waals surface area contributed by atoms with Crippen molar-refractivity contribution in [1.82, 2.24) is 0 Å². The lowest BCUT2D eigenvalue weighted by atomic mass is 10.7. The summed E-state index contributed by atoms with van der Waals surface area (Å²) in [5.41, 5.74) is 0. The average Bonchev–Trinajstić information content (AvgIpc) is 2.12. The fourth-order valence-electron chi connectivity index (χ4n) is 0.359. The van der Waals surface area contributed by atoms with Gasteiger partial charge in [0.2, 0.25) is 0 Å². The summed E-state index contributed by atoms with van der Waals surface area (Å²) in [5.74, 6) is -0.981. The van der Waals surface area contributed by atoms with Crippen molar-refractivity contribution in [3.8, 4) is 0 Å². The molecule has 0 aromatic heterocycles. The zero-order valence-corrected chi connectivity index (χ0v) is 9.22. The second kappa shape index (κ2) is 9.82. The third-order valence-electron chi connectivity index (χ3n) is 0.866. The molecule has 0 spiro atoms. The van der Waals surface area contributed by atoms with Crippen LogP contribution in [-0.2, 0) is 18.6 Å². The highest BCUT2D eigenvalue weighted by atomic mass is 31.2. The molecule has 0 aliphatic rings. The zero-order valence-electron chi connectivity index (χ0n) is 8.33. The van der Waals surface area contributed by atoms with Crippen molar-refractivity contribution in [3.05, 3.63) is 12.7 Å². The molecular weight excluding hydrogens is 227 g/mol. The zero-order chi connectivity index (χ0) is 12.3. The summed E-state index contributed by atoms with van der Waals surface area (Å²) >= 11 is 0. The Morgan fingerprint density at radius 3 is 2.20 bits per heavy atom. The first-order chi connectivity index (χ1) is 6.83. The molecule has 0 heterocycles. The van der Waals surface area contributed by atoms with Crippen LogP contribution in [0.5, 0.6) is 0 Å². The molecule has 0 aromatic carbocycles. The van der Waals surface area contributed by atoms with Gasteiger partial charge in [0.25, 0.3) is 0 Å². The Bertz CT molecular complexity index is 221. The minimum Gasteiger partial charge on any atom is -0.478 e. The van der Waals surface area contributed by atoms with Crippen molar-refractivity contribution in [2.45, 2.75) is 6.92 Å². The largest absolute Gasteiger partial charge is 0.478 e. The van der Waals surface area contributed by atoms with Gasteiger partial charge in [-0.25, -0.2) is 9.36 Å². The van der Waals surface area contributed by atoms with Crippen LogP contribution in [0.3, 0.4) is 0 Å². The summed E-state index contributed by atoms with van der Waals surface area (Å²) in [6.45, 7) is 5.41. The molecule has 8 heteroatoms. The highest BCUT2D eigenvalue weighted by Gasteiger charge is 2.12. The van der Waals surface area contributed by atoms with Gasteiger partial charge in [-0.1, -0.05) is 6.58 Å². The summed E-state index contributed by atoms with van der Waals surface area (Å²) in [5, 5.41) is 7.60. The maximum Gasteiger partial charge on any atom is 0.469 e. The standard InChI is InChI=1S/C4H11O5P.C3H4O2/c1-2-8-3-4-9-10(5,6)7;1-2-3(4)5/h2-4H2,1H3,(H2,5,6,7);2H,1H2,(H,4,5). The summed E-state index contributed by atoms with van der Waals surface area (Å²) in [6, 6.07) is 0. The number of hydrogen-bond donors (Lipinski definition) is 3. The third kappa shape index (κ3) is 24.6. The summed E-state index contributed by atoms with van der Waals surface area (Å²) in [4.78, 5) is 25.6. The molecule has 0 aromatic rings. The highest BCUT2D eigenvalue weighted by molar-refractivity contribution is 7.46. The number of rotatable bonds is 6. The average molecular weight is 242 g/mol. The Hall–Kier alpha value is -0.720. The molecule has 0 bridgehead atoms. The van der Waals surface area contributed by atoms with Crippen LogP contribution in [0.15, 0.2) is 12.7 Å². The topological polar surface area (TPSA) is 113 Å². The first-order valence-electron chi connectivity index (χ1n) is 3.96. The van der Waals surface area contributed by atoms with Gasteiger partial charge in [0, 0.05) is 12.7 Å². The van der Waals surface area contributed by atoms with Crippen LogP contribution in [0, 0.1) is 0 Å². The van der Waals surface area contributed by atoms with Crippen molar-refractivity contribution in [2.75, 3.05) is 19.8 Å². The van der Waals surface area contributed by atoms with Crippen LogP contribution in [0.1, 0.15) is 6.92 Å². The minimum atomic E-state index is -4.29. The number of aliphatic carboxylic acids is 1. The van der Waals surface area contributed by atoms with Gasteiger partial charge in [-0.3, -0.25) is 4.52 Å². The van der Waals surface area contributed by atoms with Crippen LogP contribution in [-0.4, -0.2) is 40.7 Å². The molecule has 0 saturated carbocycles. The molecule has 0 rings (SSSR count). The van der Waals surface area contributed by atoms with E-state index in [1.165, 1.54) is 0 Å². The molecule has 0 radical (unpaired) electrons. The molecule has 0 amide bonds. The monoisotopic (exact) mass is 242 g/mol. The van der Waals surface area contributed by atoms with E-state index in [1.54, 1.807) is 6.92 Å². The molecule has 0 atom stereocenters. The van der Waals surface area contributed by atoms with Gasteiger partial charge in [-0.05, 0) is 6.92 Å². The predicted molar refractivity (Wildman–Crippen MR) is 52.3 cm³/mol. The van der Waals surface area contributed by atoms with Gasteiger partial charge < -0.3 is 19.6 Å². The van der Waals surface area contributed by atoms with Crippen molar-refractivity contribution < 1.29 is 33.5 Å². The van der Waals surface area contributed by atoms with Crippen LogP contribution in [0.2, 0.25) is 0 Å². The van der Waals surface area contributed by atoms with Crippen LogP contribution < -0.4 is 0 Å². The van der Waals surface area contributed by atoms with Crippen molar-refractivity contribution >= 4 is 13.8 Å². The number of phosphoric ester groups is 1. The molecule has 0 fully saturated rings. The fraction of sp³-hybridized carbons (Fsp3) is 0.571. The van der Waals surface area contributed by atoms with E-state index in [2.05, 4.69) is 11.1 Å². The van der Waals surface area contributed by atoms with Gasteiger partial charge in [0.1, 0.15) is 0 Å². The van der Waals surface area contributed by atoms with E-state index in [0.717, 1.165) is 6.08 Å². The SMILES string of the molecule is C=CC(=O)O.CCOCCOP(=O)(O)O. The van der Waals surface area contributed by atoms with Gasteiger partial charge in [-0.2, -0.15) is 0 Å². The summed E-state index contributed by atoms with van der Waals surface area (Å²) < 4.78 is 18.8. The number of carboxylic acid groups (broad SMARTS) is 1. The first kappa shape index (κ1) is 16.7. The second-order valence-electron chi connectivity index (χ2n) is 2.06. The van der Waals surface area contributed by atoms with Crippen LogP contribution >= 0.6 is 7.82 Å². The van der Waals surface area contributed by atoms with Gasteiger partial charge in [-0.15, -0.1) is 0 Å². The van der Waals surface area contributed by atoms with Gasteiger partial charge in [0.15, 0.2) is 0 Å². The van der Waals surface area contributed by atoms with Crippen molar-refractivity contribution in [2.24, 2.45) is 0 Å². The Morgan fingerprint density at radius 2 is 1.93 bits per heavy atom. The van der Waals surface area contributed by atoms with E-state index < -0.39 is 13.8 Å². The van der Waals surface area contributed by atoms with Gasteiger partial charge in [0.05, 0.1) is 13.2 Å². The number of carboxylic acids is 1. The van der Waals surface area contributed by atoms with E-state index >= 15 is 0 Å². The second-order valence-corrected chi connectivity index (χ2v) is 3.30. The highest BCUT2D eigenvalue weighted by Crippen LogP contribution is 2.35. The number of hydrogen-bond acceptors (Lipinski definition) is 4. The number of carbonyl (C=O) groups is 1. The maximum atomic E-state index is 10.0. The third-order valence-corrected chi connectivity index (χ3v) is 1.38. The Morgan fingerprint density at radius 1 is 1.47 bits per heavy atom. The number of ether oxygens (including phenoxy) is 1. The summed E-state index contributed by atoms with van der Waals surface area (Å²) in [7, 11) is -4.29. The molecule has 0 aliphatic carbocycles. The van der Waals surface area contributed by atoms with E-state index in [4.69, 9.17) is 19.6 Å². The lowest BCUT2D eigenvalue weighted by molar-refractivity contribution is -0.131. The quantitative estimate of drug-likeness (QED) is 0.350. The van der Waals surface area contributed by atoms with Gasteiger partial charge >= 0.3 is 13.8 Å². The van der Waals surface area contributed by atoms with Crippen molar-refractivity contribution in [1.29, 1.82) is 0 Å². The summed E-state index contributed by atoms with van der Waals surface area (Å²) in [6.07, 6.45) is 0.833. The number of phosphoric acid groups is 1. The molecule has 90 valence electrons. The Balaban J connectivity index is 0. The molecule has 15 heavy (non-hydrogen) atoms. The van der Waals surface area contributed by atoms with Crippen LogP contribution in [0.4, 0.5) is 0 Å². The minimum absolute atomic E-state index is 0.0713. The van der Waals surface area contributed by atoms with E-state index in [-0.39, 0.29) is 13.2 Å². The Kier molecular flexibility index (Phi) is 10.9. The van der Waals surface area contributed by atoms with Crippen molar-refractivity contribution in [3.63, 3.8) is 0 Å².